The Kier molecular flexibility index (Phi) is 4.42. The first-order valence-electron chi connectivity index (χ1n) is 5.90. The van der Waals surface area contributed by atoms with Crippen molar-refractivity contribution in [3.8, 4) is 0 Å². The lowest BCUT2D eigenvalue weighted by Gasteiger charge is -2.25. The van der Waals surface area contributed by atoms with Crippen LogP contribution in [0, 0.1) is 0 Å². The van der Waals surface area contributed by atoms with Crippen molar-refractivity contribution < 1.29 is 0 Å². The second-order valence-corrected chi connectivity index (χ2v) is 5.89. The fraction of sp³-hybridized carbons (Fsp3) is 0.538. The van der Waals surface area contributed by atoms with Gasteiger partial charge in [0.1, 0.15) is 0 Å². The van der Waals surface area contributed by atoms with E-state index < -0.39 is 0 Å². The Balaban J connectivity index is 2.32. The third-order valence-corrected chi connectivity index (χ3v) is 5.44. The van der Waals surface area contributed by atoms with Gasteiger partial charge in [0.25, 0.3) is 0 Å². The molecule has 0 radical (unpaired) electrons. The maximum absolute atomic E-state index is 2.50. The van der Waals surface area contributed by atoms with Crippen molar-refractivity contribution in [2.24, 2.45) is 0 Å². The first kappa shape index (κ1) is 13.3. The summed E-state index contributed by atoms with van der Waals surface area (Å²) in [5, 5.41) is 0. The van der Waals surface area contributed by atoms with E-state index in [1.54, 1.807) is 0 Å². The molecule has 3 unspecified atom stereocenters. The number of rotatable bonds is 3. The molecule has 0 aliphatic carbocycles. The molecule has 0 amide bonds. The van der Waals surface area contributed by atoms with Crippen LogP contribution >= 0.6 is 23.9 Å². The minimum absolute atomic E-state index is 0.472. The Morgan fingerprint density at radius 2 is 1.53 bits per heavy atom. The molecule has 3 atom stereocenters. The van der Waals surface area contributed by atoms with Gasteiger partial charge in [0, 0.05) is 6.04 Å². The van der Waals surface area contributed by atoms with Gasteiger partial charge in [0.05, 0.1) is 12.2 Å². The number of benzene rings is 1. The molecule has 0 saturated carbocycles. The molecular formula is C13H20N2S2. The van der Waals surface area contributed by atoms with Gasteiger partial charge in [0.15, 0.2) is 0 Å². The van der Waals surface area contributed by atoms with Gasteiger partial charge in [-0.25, -0.2) is 8.61 Å². The highest BCUT2D eigenvalue weighted by molar-refractivity contribution is 7.97. The van der Waals surface area contributed by atoms with E-state index in [1.807, 2.05) is 23.9 Å². The predicted octanol–water partition coefficient (Wildman–Crippen LogP) is 3.64. The van der Waals surface area contributed by atoms with E-state index in [9.17, 15) is 0 Å². The summed E-state index contributed by atoms with van der Waals surface area (Å²) in [5.74, 6) is 0. The van der Waals surface area contributed by atoms with Gasteiger partial charge in [-0.2, -0.15) is 0 Å². The van der Waals surface area contributed by atoms with E-state index in [0.717, 1.165) is 0 Å². The molecule has 94 valence electrons. The van der Waals surface area contributed by atoms with Crippen molar-refractivity contribution >= 4 is 23.9 Å². The summed E-state index contributed by atoms with van der Waals surface area (Å²) in [5.41, 5.74) is 1.41. The molecule has 0 spiro atoms. The Morgan fingerprint density at radius 1 is 0.941 bits per heavy atom. The highest BCUT2D eigenvalue weighted by atomic mass is 32.2. The summed E-state index contributed by atoms with van der Waals surface area (Å²) >= 11 is 3.69. The topological polar surface area (TPSA) is 6.48 Å². The predicted molar refractivity (Wildman–Crippen MR) is 78.8 cm³/mol. The molecule has 2 rings (SSSR count). The van der Waals surface area contributed by atoms with Gasteiger partial charge in [-0.15, -0.1) is 0 Å². The molecule has 1 aliphatic rings. The van der Waals surface area contributed by atoms with Gasteiger partial charge >= 0.3 is 0 Å². The van der Waals surface area contributed by atoms with Crippen molar-refractivity contribution in [1.29, 1.82) is 0 Å². The molecule has 0 bridgehead atoms. The van der Waals surface area contributed by atoms with Crippen molar-refractivity contribution in [3.05, 3.63) is 35.9 Å². The van der Waals surface area contributed by atoms with Crippen LogP contribution in [-0.4, -0.2) is 33.3 Å². The van der Waals surface area contributed by atoms with Crippen LogP contribution in [-0.2, 0) is 0 Å². The maximum atomic E-state index is 2.50. The normalized spacial score (nSPS) is 30.9. The molecule has 4 heteroatoms. The zero-order valence-electron chi connectivity index (χ0n) is 10.8. The zero-order valence-corrected chi connectivity index (χ0v) is 12.5. The van der Waals surface area contributed by atoms with Crippen LogP contribution in [0.4, 0.5) is 0 Å². The van der Waals surface area contributed by atoms with E-state index in [0.29, 0.717) is 18.2 Å². The lowest BCUT2D eigenvalue weighted by molar-refractivity contribution is 0.325. The summed E-state index contributed by atoms with van der Waals surface area (Å²) in [6, 6.07) is 11.8. The van der Waals surface area contributed by atoms with Crippen molar-refractivity contribution in [2.75, 3.05) is 12.5 Å². The lowest BCUT2D eigenvalue weighted by Crippen LogP contribution is -2.29. The average Bonchev–Trinajstić information content (AvgIpc) is 2.61. The van der Waals surface area contributed by atoms with Crippen molar-refractivity contribution in [1.82, 2.24) is 8.61 Å². The van der Waals surface area contributed by atoms with Crippen LogP contribution in [0.2, 0.25) is 0 Å². The number of hydrogen-bond acceptors (Lipinski definition) is 4. The molecule has 1 heterocycles. The molecule has 1 aromatic rings. The molecule has 0 N–H and O–H groups in total. The summed E-state index contributed by atoms with van der Waals surface area (Å²) in [6.45, 7) is 4.60. The van der Waals surface area contributed by atoms with Gasteiger partial charge in [-0.1, -0.05) is 54.2 Å². The number of nitrogens with zero attached hydrogens (tertiary/aromatic N) is 2. The maximum Gasteiger partial charge on any atom is 0.0799 e. The quantitative estimate of drug-likeness (QED) is 0.772. The highest BCUT2D eigenvalue weighted by Gasteiger charge is 2.43. The average molecular weight is 268 g/mol. The molecule has 1 saturated heterocycles. The van der Waals surface area contributed by atoms with Crippen LogP contribution in [0.25, 0.3) is 0 Å². The second kappa shape index (κ2) is 5.65. The lowest BCUT2D eigenvalue weighted by atomic mass is 10.0. The number of hydrogen-bond donors (Lipinski definition) is 0. The van der Waals surface area contributed by atoms with Crippen LogP contribution in [0.3, 0.4) is 0 Å². The summed E-state index contributed by atoms with van der Waals surface area (Å²) < 4.78 is 4.98. The van der Waals surface area contributed by atoms with Gasteiger partial charge in [0.2, 0.25) is 0 Å². The minimum atomic E-state index is 0.472. The summed E-state index contributed by atoms with van der Waals surface area (Å²) in [7, 11) is 0. The third-order valence-electron chi connectivity index (χ3n) is 3.43. The van der Waals surface area contributed by atoms with Gasteiger partial charge in [-0.05, 0) is 31.9 Å². The zero-order chi connectivity index (χ0) is 12.4. The van der Waals surface area contributed by atoms with Crippen LogP contribution < -0.4 is 0 Å². The van der Waals surface area contributed by atoms with E-state index in [2.05, 4.69) is 65.3 Å². The molecule has 2 nitrogen and oxygen atoms in total. The summed E-state index contributed by atoms with van der Waals surface area (Å²) in [4.78, 5) is 0. The molecular weight excluding hydrogens is 248 g/mol. The van der Waals surface area contributed by atoms with Crippen molar-refractivity contribution in [3.63, 3.8) is 0 Å². The van der Waals surface area contributed by atoms with Crippen molar-refractivity contribution in [2.45, 2.75) is 32.1 Å². The molecule has 1 aromatic carbocycles. The molecule has 0 aromatic heterocycles. The monoisotopic (exact) mass is 268 g/mol. The molecule has 17 heavy (non-hydrogen) atoms. The first-order chi connectivity index (χ1) is 8.20. The van der Waals surface area contributed by atoms with E-state index in [4.69, 9.17) is 0 Å². The first-order valence-corrected chi connectivity index (χ1v) is 8.27. The largest absolute Gasteiger partial charge is 0.229 e. The standard InChI is InChI=1S/C13H20N2S2/c1-10-13(12-8-6-5-7-9-12)15(17-4)11(2)14(10)16-3/h5-11,13H,1-4H3. The van der Waals surface area contributed by atoms with E-state index in [1.165, 1.54) is 5.56 Å². The Bertz CT molecular complexity index is 358. The fourth-order valence-electron chi connectivity index (χ4n) is 2.70. The SMILES string of the molecule is CSN1C(C)C(c2ccccc2)N(SC)C1C. The van der Waals surface area contributed by atoms with Crippen LogP contribution in [0.1, 0.15) is 25.5 Å². The van der Waals surface area contributed by atoms with E-state index >= 15 is 0 Å². The third kappa shape index (κ3) is 2.36. The van der Waals surface area contributed by atoms with E-state index in [-0.39, 0.29) is 0 Å². The second-order valence-electron chi connectivity index (χ2n) is 4.31. The van der Waals surface area contributed by atoms with Crippen LogP contribution in [0.5, 0.6) is 0 Å². The van der Waals surface area contributed by atoms with Crippen LogP contribution in [0.15, 0.2) is 30.3 Å². The Morgan fingerprint density at radius 3 is 2.06 bits per heavy atom. The molecule has 1 fully saturated rings. The smallest absolute Gasteiger partial charge is 0.0799 e. The minimum Gasteiger partial charge on any atom is -0.229 e. The fourth-order valence-corrected chi connectivity index (χ4v) is 4.54. The molecule has 1 aliphatic heterocycles. The Hall–Kier alpha value is -0.160. The van der Waals surface area contributed by atoms with Gasteiger partial charge in [-0.3, -0.25) is 0 Å². The summed E-state index contributed by atoms with van der Waals surface area (Å²) in [6.07, 6.45) is 4.81. The Labute approximate surface area is 113 Å². The highest BCUT2D eigenvalue weighted by Crippen LogP contribution is 2.43. The van der Waals surface area contributed by atoms with Gasteiger partial charge < -0.3 is 0 Å².